The van der Waals surface area contributed by atoms with Gasteiger partial charge in [-0.2, -0.15) is 8.78 Å². The molecule has 2 saturated carbocycles. The highest BCUT2D eigenvalue weighted by molar-refractivity contribution is 5.96. The predicted octanol–water partition coefficient (Wildman–Crippen LogP) is 7.18. The minimum Gasteiger partial charge on any atom is -0.326 e. The van der Waals surface area contributed by atoms with E-state index in [0.29, 0.717) is 11.0 Å². The molecule has 1 atom stereocenters. The maximum atomic E-state index is 13.3. The fourth-order valence-corrected chi connectivity index (χ4v) is 4.72. The second-order valence-corrected chi connectivity index (χ2v) is 9.30. The van der Waals surface area contributed by atoms with Gasteiger partial charge >= 0.3 is 0 Å². The highest BCUT2D eigenvalue weighted by Gasteiger charge is 2.37. The van der Waals surface area contributed by atoms with Gasteiger partial charge < -0.3 is 5.32 Å². The zero-order chi connectivity index (χ0) is 21.1. The Labute approximate surface area is 177 Å². The third-order valence-electron chi connectivity index (χ3n) is 6.65. The van der Waals surface area contributed by atoms with Crippen molar-refractivity contribution in [2.24, 2.45) is 11.3 Å². The van der Waals surface area contributed by atoms with Gasteiger partial charge in [-0.15, -0.1) is 0 Å². The van der Waals surface area contributed by atoms with Crippen molar-refractivity contribution in [3.05, 3.63) is 71.3 Å². The molecule has 0 saturated heterocycles. The third kappa shape index (κ3) is 5.16. The third-order valence-corrected chi connectivity index (χ3v) is 6.65. The Morgan fingerprint density at radius 1 is 1.13 bits per heavy atom. The van der Waals surface area contributed by atoms with Crippen LogP contribution in [0.4, 0.5) is 14.5 Å². The van der Waals surface area contributed by atoms with E-state index in [4.69, 9.17) is 0 Å². The van der Waals surface area contributed by atoms with Gasteiger partial charge in [0.15, 0.2) is 0 Å². The van der Waals surface area contributed by atoms with Crippen molar-refractivity contribution in [1.29, 1.82) is 0 Å². The first-order chi connectivity index (χ1) is 14.4. The number of hydrogen-bond acceptors (Lipinski definition) is 1. The molecule has 0 bridgehead atoms. The molecule has 2 aromatic carbocycles. The lowest BCUT2D eigenvalue weighted by molar-refractivity contribution is -0.118. The monoisotopic (exact) mass is 409 g/mol. The molecule has 0 spiro atoms. The molecule has 4 heteroatoms. The Morgan fingerprint density at radius 2 is 1.83 bits per heavy atom. The second kappa shape index (κ2) is 8.71. The van der Waals surface area contributed by atoms with Crippen LogP contribution in [0.15, 0.2) is 54.6 Å². The van der Waals surface area contributed by atoms with Crippen LogP contribution in [0.2, 0.25) is 0 Å². The van der Waals surface area contributed by atoms with Crippen molar-refractivity contribution >= 4 is 17.7 Å². The highest BCUT2D eigenvalue weighted by Crippen LogP contribution is 2.47. The van der Waals surface area contributed by atoms with Gasteiger partial charge in [0.25, 0.3) is 6.08 Å². The number of amides is 1. The normalized spacial score (nSPS) is 18.6. The van der Waals surface area contributed by atoms with E-state index in [9.17, 15) is 13.6 Å². The van der Waals surface area contributed by atoms with Gasteiger partial charge in [-0.25, -0.2) is 0 Å². The fraction of sp³-hybridized carbons (Fsp3) is 0.423. The highest BCUT2D eigenvalue weighted by atomic mass is 19.3. The molecule has 2 nitrogen and oxygen atoms in total. The number of nitrogens with one attached hydrogen (secondary N) is 1. The summed E-state index contributed by atoms with van der Waals surface area (Å²) < 4.78 is 25.1. The molecule has 1 unspecified atom stereocenters. The molecule has 2 aromatic rings. The number of halogens is 2. The van der Waals surface area contributed by atoms with Crippen molar-refractivity contribution in [1.82, 2.24) is 0 Å². The second-order valence-electron chi connectivity index (χ2n) is 9.30. The number of benzene rings is 2. The number of anilines is 1. The van der Waals surface area contributed by atoms with Gasteiger partial charge in [0, 0.05) is 11.8 Å². The van der Waals surface area contributed by atoms with Crippen molar-refractivity contribution in [3.8, 4) is 0 Å². The van der Waals surface area contributed by atoms with Crippen LogP contribution in [0.1, 0.15) is 68.1 Å². The van der Waals surface area contributed by atoms with Crippen molar-refractivity contribution in [2.75, 3.05) is 5.32 Å². The van der Waals surface area contributed by atoms with E-state index >= 15 is 0 Å². The molecule has 2 fully saturated rings. The molecule has 1 amide bonds. The van der Waals surface area contributed by atoms with Crippen LogP contribution in [0.3, 0.4) is 0 Å². The molecule has 4 rings (SSSR count). The topological polar surface area (TPSA) is 29.1 Å². The number of rotatable bonds is 7. The first-order valence-electron chi connectivity index (χ1n) is 10.9. The molecule has 158 valence electrons. The summed E-state index contributed by atoms with van der Waals surface area (Å²) in [5, 5.41) is 3.14. The molecule has 2 aliphatic rings. The van der Waals surface area contributed by atoms with Crippen LogP contribution in [0, 0.1) is 11.3 Å². The van der Waals surface area contributed by atoms with Crippen LogP contribution < -0.4 is 5.32 Å². The van der Waals surface area contributed by atoms with Gasteiger partial charge in [0.05, 0.1) is 5.92 Å². The van der Waals surface area contributed by atoms with Crippen molar-refractivity contribution in [2.45, 2.75) is 57.8 Å². The van der Waals surface area contributed by atoms with Gasteiger partial charge in [0.2, 0.25) is 5.91 Å². The smallest absolute Gasteiger partial charge is 0.270 e. The van der Waals surface area contributed by atoms with Gasteiger partial charge in [-0.3, -0.25) is 4.79 Å². The molecule has 1 N–H and O–H groups in total. The number of hydrogen-bond donors (Lipinski definition) is 1. The van der Waals surface area contributed by atoms with Gasteiger partial charge in [-0.05, 0) is 72.3 Å². The summed E-state index contributed by atoms with van der Waals surface area (Å²) in [6, 6.07) is 15.1. The Kier molecular flexibility index (Phi) is 6.03. The Hall–Kier alpha value is -2.49. The summed E-state index contributed by atoms with van der Waals surface area (Å²) in [5.74, 6) is 0.0277. The summed E-state index contributed by atoms with van der Waals surface area (Å²) >= 11 is 0. The Morgan fingerprint density at radius 3 is 2.47 bits per heavy atom. The number of carbonyl (C=O) groups excluding carboxylic acids is 1. The van der Waals surface area contributed by atoms with Crippen LogP contribution in [-0.4, -0.2) is 5.91 Å². The summed E-state index contributed by atoms with van der Waals surface area (Å²) in [4.78, 5) is 13.3. The molecule has 30 heavy (non-hydrogen) atoms. The SMILES string of the molecule is CC1(Cc2cccc(NC(=O)C(c3ccc(C=C(F)F)cc3)C3CCCC3)c2)CC1. The van der Waals surface area contributed by atoms with Crippen LogP contribution in [-0.2, 0) is 11.2 Å². The minimum atomic E-state index is -1.72. The van der Waals surface area contributed by atoms with E-state index in [1.165, 1.54) is 18.4 Å². The first-order valence-corrected chi connectivity index (χ1v) is 10.9. The molecule has 0 radical (unpaired) electrons. The van der Waals surface area contributed by atoms with E-state index in [0.717, 1.165) is 49.4 Å². The van der Waals surface area contributed by atoms with E-state index in [1.54, 1.807) is 12.1 Å². The maximum Gasteiger partial charge on any atom is 0.270 e. The van der Waals surface area contributed by atoms with Gasteiger partial charge in [-0.1, -0.05) is 56.2 Å². The molecular formula is C26H29F2NO. The largest absolute Gasteiger partial charge is 0.326 e. The summed E-state index contributed by atoms with van der Waals surface area (Å²) in [5.41, 5.74) is 3.87. The lowest BCUT2D eigenvalue weighted by Crippen LogP contribution is -2.26. The van der Waals surface area contributed by atoms with E-state index in [-0.39, 0.29) is 17.7 Å². The Bertz CT molecular complexity index is 920. The fourth-order valence-electron chi connectivity index (χ4n) is 4.72. The first kappa shape index (κ1) is 20.8. The lowest BCUT2D eigenvalue weighted by Gasteiger charge is -2.23. The predicted molar refractivity (Wildman–Crippen MR) is 117 cm³/mol. The van der Waals surface area contributed by atoms with Crippen LogP contribution >= 0.6 is 0 Å². The van der Waals surface area contributed by atoms with Crippen molar-refractivity contribution in [3.63, 3.8) is 0 Å². The number of carbonyl (C=O) groups is 1. The van der Waals surface area contributed by atoms with Gasteiger partial charge in [0.1, 0.15) is 0 Å². The van der Waals surface area contributed by atoms with E-state index in [1.807, 2.05) is 24.3 Å². The summed E-state index contributed by atoms with van der Waals surface area (Å²) in [6.45, 7) is 2.31. The summed E-state index contributed by atoms with van der Waals surface area (Å²) in [7, 11) is 0. The standard InChI is InChI=1S/C26H29F2NO/c1-26(13-14-26)17-19-5-4-8-22(15-19)29-25(30)24(20-6-2-3-7-20)21-11-9-18(10-12-21)16-23(27)28/h4-5,8-12,15-16,20,24H,2-3,6-7,13-14,17H2,1H3,(H,29,30). The van der Waals surface area contributed by atoms with E-state index < -0.39 is 6.08 Å². The molecule has 0 aliphatic heterocycles. The van der Waals surface area contributed by atoms with Crippen LogP contribution in [0.25, 0.3) is 6.08 Å². The lowest BCUT2D eigenvalue weighted by atomic mass is 9.83. The van der Waals surface area contributed by atoms with Crippen molar-refractivity contribution < 1.29 is 13.6 Å². The Balaban J connectivity index is 1.53. The van der Waals surface area contributed by atoms with Crippen LogP contribution in [0.5, 0.6) is 0 Å². The molecule has 2 aliphatic carbocycles. The molecule has 0 heterocycles. The molecule has 0 aromatic heterocycles. The molecular weight excluding hydrogens is 380 g/mol. The average molecular weight is 410 g/mol. The zero-order valence-electron chi connectivity index (χ0n) is 17.5. The van der Waals surface area contributed by atoms with E-state index in [2.05, 4.69) is 24.4 Å². The maximum absolute atomic E-state index is 13.3. The average Bonchev–Trinajstić information content (AvgIpc) is 3.19. The minimum absolute atomic E-state index is 0.00310. The quantitative estimate of drug-likeness (QED) is 0.516. The summed E-state index contributed by atoms with van der Waals surface area (Å²) in [6.07, 6.45) is 7.04. The zero-order valence-corrected chi connectivity index (χ0v) is 17.5.